The first-order valence-electron chi connectivity index (χ1n) is 3.37. The normalized spacial score (nSPS) is 10.3. The largest absolute Gasteiger partial charge is 0.495 e. The zero-order valence-corrected chi connectivity index (χ0v) is 6.19. The van der Waals surface area contributed by atoms with Crippen molar-refractivity contribution in [2.75, 3.05) is 7.11 Å². The Morgan fingerprint density at radius 1 is 1.36 bits per heavy atom. The van der Waals surface area contributed by atoms with E-state index in [1.54, 1.807) is 17.8 Å². The van der Waals surface area contributed by atoms with Gasteiger partial charge in [0.1, 0.15) is 5.75 Å². The average molecular weight is 148 g/mol. The number of methoxy groups -OCH3 is 1. The van der Waals surface area contributed by atoms with Gasteiger partial charge in [-0.2, -0.15) is 5.10 Å². The molecule has 0 fully saturated rings. The summed E-state index contributed by atoms with van der Waals surface area (Å²) < 4.78 is 6.81. The predicted octanol–water partition coefficient (Wildman–Crippen LogP) is 1.34. The number of ether oxygens (including phenoxy) is 1. The first-order chi connectivity index (χ1) is 5.40. The molecule has 0 saturated carbocycles. The van der Waals surface area contributed by atoms with Crippen LogP contribution in [0.15, 0.2) is 30.6 Å². The van der Waals surface area contributed by atoms with E-state index in [4.69, 9.17) is 4.74 Å². The van der Waals surface area contributed by atoms with Crippen LogP contribution in [0.1, 0.15) is 0 Å². The fourth-order valence-corrected chi connectivity index (χ4v) is 1.02. The predicted molar refractivity (Wildman–Crippen MR) is 41.7 cm³/mol. The van der Waals surface area contributed by atoms with Crippen molar-refractivity contribution in [2.24, 2.45) is 0 Å². The minimum atomic E-state index is 0.821. The molecule has 0 atom stereocenters. The summed E-state index contributed by atoms with van der Waals surface area (Å²) in [7, 11) is 1.64. The zero-order chi connectivity index (χ0) is 7.68. The van der Waals surface area contributed by atoms with Gasteiger partial charge in [-0.3, -0.25) is 0 Å². The molecular weight excluding hydrogens is 140 g/mol. The molecule has 0 saturated heterocycles. The van der Waals surface area contributed by atoms with Crippen LogP contribution in [0.5, 0.6) is 5.75 Å². The Hall–Kier alpha value is -1.51. The maximum Gasteiger partial charge on any atom is 0.137 e. The number of pyridine rings is 1. The van der Waals surface area contributed by atoms with E-state index in [0.717, 1.165) is 11.3 Å². The van der Waals surface area contributed by atoms with E-state index >= 15 is 0 Å². The highest BCUT2D eigenvalue weighted by Crippen LogP contribution is 2.10. The number of aromatic nitrogens is 2. The van der Waals surface area contributed by atoms with Crippen LogP contribution in [0.3, 0.4) is 0 Å². The standard InChI is InChI=1S/C8H8N2O/c1-11-8-3-2-7-4-5-9-10(7)6-8/h2-6H,1H3. The van der Waals surface area contributed by atoms with Gasteiger partial charge >= 0.3 is 0 Å². The lowest BCUT2D eigenvalue weighted by molar-refractivity contribution is 0.411. The Morgan fingerprint density at radius 3 is 3.09 bits per heavy atom. The molecule has 2 aromatic heterocycles. The van der Waals surface area contributed by atoms with Crippen LogP contribution in [0.4, 0.5) is 0 Å². The number of nitrogens with zero attached hydrogens (tertiary/aromatic N) is 2. The van der Waals surface area contributed by atoms with Crippen LogP contribution in [0.2, 0.25) is 0 Å². The van der Waals surface area contributed by atoms with Crippen LogP contribution >= 0.6 is 0 Å². The van der Waals surface area contributed by atoms with Crippen molar-refractivity contribution in [3.05, 3.63) is 30.6 Å². The van der Waals surface area contributed by atoms with Gasteiger partial charge in [0.15, 0.2) is 0 Å². The number of fused-ring (bicyclic) bond motifs is 1. The summed E-state index contributed by atoms with van der Waals surface area (Å²) in [6.07, 6.45) is 3.60. The van der Waals surface area contributed by atoms with Crippen molar-refractivity contribution >= 4 is 5.52 Å². The summed E-state index contributed by atoms with van der Waals surface area (Å²) in [5.41, 5.74) is 1.07. The fourth-order valence-electron chi connectivity index (χ4n) is 1.02. The second-order valence-corrected chi connectivity index (χ2v) is 2.27. The summed E-state index contributed by atoms with van der Waals surface area (Å²) in [6.45, 7) is 0. The molecule has 0 aliphatic rings. The molecule has 0 aromatic carbocycles. The molecule has 3 nitrogen and oxygen atoms in total. The van der Waals surface area contributed by atoms with Gasteiger partial charge in [-0.05, 0) is 18.2 Å². The molecule has 3 heteroatoms. The van der Waals surface area contributed by atoms with E-state index in [-0.39, 0.29) is 0 Å². The molecule has 2 heterocycles. The molecular formula is C8H8N2O. The van der Waals surface area contributed by atoms with Crippen molar-refractivity contribution in [2.45, 2.75) is 0 Å². The van der Waals surface area contributed by atoms with Gasteiger partial charge in [0.2, 0.25) is 0 Å². The van der Waals surface area contributed by atoms with Gasteiger partial charge in [0.05, 0.1) is 18.8 Å². The lowest BCUT2D eigenvalue weighted by Gasteiger charge is -1.98. The van der Waals surface area contributed by atoms with E-state index in [0.29, 0.717) is 0 Å². The summed E-state index contributed by atoms with van der Waals surface area (Å²) in [6, 6.07) is 5.82. The van der Waals surface area contributed by atoms with E-state index in [1.165, 1.54) is 0 Å². The monoisotopic (exact) mass is 148 g/mol. The molecule has 2 aromatic rings. The third-order valence-electron chi connectivity index (χ3n) is 1.60. The quantitative estimate of drug-likeness (QED) is 0.610. The maximum atomic E-state index is 5.03. The Bertz CT molecular complexity index is 367. The van der Waals surface area contributed by atoms with Gasteiger partial charge in [-0.25, -0.2) is 4.52 Å². The highest BCUT2D eigenvalue weighted by molar-refractivity contribution is 5.47. The molecule has 0 aliphatic heterocycles. The second kappa shape index (κ2) is 2.27. The van der Waals surface area contributed by atoms with Gasteiger partial charge in [-0.1, -0.05) is 0 Å². The molecule has 0 N–H and O–H groups in total. The molecule has 11 heavy (non-hydrogen) atoms. The van der Waals surface area contributed by atoms with Crippen LogP contribution in [0.25, 0.3) is 5.52 Å². The lowest BCUT2D eigenvalue weighted by atomic mass is 10.4. The van der Waals surface area contributed by atoms with Crippen molar-refractivity contribution in [1.29, 1.82) is 0 Å². The smallest absolute Gasteiger partial charge is 0.137 e. The van der Waals surface area contributed by atoms with Crippen LogP contribution in [0, 0.1) is 0 Å². The first kappa shape index (κ1) is 6.22. The fraction of sp³-hybridized carbons (Fsp3) is 0.125. The Balaban J connectivity index is 2.67. The van der Waals surface area contributed by atoms with Crippen molar-refractivity contribution in [1.82, 2.24) is 9.61 Å². The average Bonchev–Trinajstić information content (AvgIpc) is 2.50. The van der Waals surface area contributed by atoms with E-state index in [1.807, 2.05) is 24.4 Å². The third-order valence-corrected chi connectivity index (χ3v) is 1.60. The van der Waals surface area contributed by atoms with Crippen molar-refractivity contribution in [3.8, 4) is 5.75 Å². The summed E-state index contributed by atoms with van der Waals surface area (Å²) >= 11 is 0. The van der Waals surface area contributed by atoms with E-state index in [2.05, 4.69) is 5.10 Å². The summed E-state index contributed by atoms with van der Waals surface area (Å²) in [5.74, 6) is 0.821. The Kier molecular flexibility index (Phi) is 1.28. The maximum absolute atomic E-state index is 5.03. The molecule has 0 amide bonds. The SMILES string of the molecule is COc1ccc2ccnn2c1. The van der Waals surface area contributed by atoms with Crippen LogP contribution in [-0.4, -0.2) is 16.7 Å². The van der Waals surface area contributed by atoms with E-state index < -0.39 is 0 Å². The minimum Gasteiger partial charge on any atom is -0.495 e. The highest BCUT2D eigenvalue weighted by atomic mass is 16.5. The zero-order valence-electron chi connectivity index (χ0n) is 6.19. The van der Waals surface area contributed by atoms with E-state index in [9.17, 15) is 0 Å². The van der Waals surface area contributed by atoms with Crippen LogP contribution < -0.4 is 4.74 Å². The molecule has 56 valence electrons. The minimum absolute atomic E-state index is 0.821. The Morgan fingerprint density at radius 2 is 2.27 bits per heavy atom. The molecule has 0 aliphatic carbocycles. The first-order valence-corrected chi connectivity index (χ1v) is 3.37. The molecule has 0 radical (unpaired) electrons. The number of rotatable bonds is 1. The molecule has 0 spiro atoms. The molecule has 2 rings (SSSR count). The van der Waals surface area contributed by atoms with Gasteiger partial charge in [0, 0.05) is 6.20 Å². The number of hydrogen-bond donors (Lipinski definition) is 0. The van der Waals surface area contributed by atoms with Gasteiger partial charge in [0.25, 0.3) is 0 Å². The second-order valence-electron chi connectivity index (χ2n) is 2.27. The van der Waals surface area contributed by atoms with Crippen molar-refractivity contribution in [3.63, 3.8) is 0 Å². The Labute approximate surface area is 64.2 Å². The topological polar surface area (TPSA) is 26.5 Å². The lowest BCUT2D eigenvalue weighted by Crippen LogP contribution is -1.88. The summed E-state index contributed by atoms with van der Waals surface area (Å²) in [5, 5.41) is 4.06. The van der Waals surface area contributed by atoms with Gasteiger partial charge in [-0.15, -0.1) is 0 Å². The van der Waals surface area contributed by atoms with Crippen LogP contribution in [-0.2, 0) is 0 Å². The van der Waals surface area contributed by atoms with Crippen molar-refractivity contribution < 1.29 is 4.74 Å². The summed E-state index contributed by atoms with van der Waals surface area (Å²) in [4.78, 5) is 0. The third kappa shape index (κ3) is 0.941. The molecule has 0 bridgehead atoms. The number of hydrogen-bond acceptors (Lipinski definition) is 2. The molecule has 0 unspecified atom stereocenters. The van der Waals surface area contributed by atoms with Gasteiger partial charge < -0.3 is 4.74 Å². The highest BCUT2D eigenvalue weighted by Gasteiger charge is 1.93.